The van der Waals surface area contributed by atoms with Crippen LogP contribution in [-0.2, 0) is 9.59 Å². The van der Waals surface area contributed by atoms with Crippen LogP contribution < -0.4 is 14.8 Å². The number of thioether (sulfide) groups is 1. The molecule has 3 fully saturated rings. The highest BCUT2D eigenvalue weighted by Crippen LogP contribution is 2.39. The van der Waals surface area contributed by atoms with Gasteiger partial charge in [-0.3, -0.25) is 14.5 Å². The van der Waals surface area contributed by atoms with E-state index in [2.05, 4.69) is 5.32 Å². The molecule has 2 unspecified atom stereocenters. The van der Waals surface area contributed by atoms with E-state index in [1.807, 2.05) is 18.2 Å². The second-order valence-corrected chi connectivity index (χ2v) is 8.66. The zero-order valence-corrected chi connectivity index (χ0v) is 17.4. The third-order valence-corrected chi connectivity index (χ3v) is 7.12. The summed E-state index contributed by atoms with van der Waals surface area (Å²) in [5.41, 5.74) is 0.0428. The second-order valence-electron chi connectivity index (χ2n) is 7.56. The van der Waals surface area contributed by atoms with Crippen molar-refractivity contribution in [3.05, 3.63) is 23.8 Å². The Hall–Kier alpha value is -2.42. The molecule has 1 aromatic rings. The summed E-state index contributed by atoms with van der Waals surface area (Å²) >= 11 is 1.64. The maximum absolute atomic E-state index is 13.1. The van der Waals surface area contributed by atoms with Crippen molar-refractivity contribution in [2.75, 3.05) is 38.8 Å². The summed E-state index contributed by atoms with van der Waals surface area (Å²) in [6, 6.07) is 4.88. The molecule has 4 amide bonds. The Labute approximate surface area is 173 Å². The lowest BCUT2D eigenvalue weighted by molar-refractivity contribution is -0.139. The zero-order valence-electron chi connectivity index (χ0n) is 16.6. The van der Waals surface area contributed by atoms with Crippen LogP contribution in [0.15, 0.2) is 18.2 Å². The van der Waals surface area contributed by atoms with Crippen molar-refractivity contribution in [1.82, 2.24) is 15.1 Å². The number of nitrogens with zero attached hydrogens (tertiary/aromatic N) is 2. The smallest absolute Gasteiger partial charge is 0.325 e. The molecule has 9 heteroatoms. The molecular weight excluding hydrogens is 394 g/mol. The molecule has 2 atom stereocenters. The summed E-state index contributed by atoms with van der Waals surface area (Å²) in [5, 5.41) is 2.81. The van der Waals surface area contributed by atoms with Crippen LogP contribution in [0.3, 0.4) is 0 Å². The van der Waals surface area contributed by atoms with Crippen LogP contribution in [0.2, 0.25) is 0 Å². The first-order valence-corrected chi connectivity index (χ1v) is 10.9. The number of imide groups is 1. The monoisotopic (exact) mass is 419 g/mol. The third-order valence-electron chi connectivity index (χ3n) is 5.93. The van der Waals surface area contributed by atoms with E-state index in [4.69, 9.17) is 9.47 Å². The lowest BCUT2D eigenvalue weighted by atomic mass is 9.99. The quantitative estimate of drug-likeness (QED) is 0.732. The summed E-state index contributed by atoms with van der Waals surface area (Å²) in [6.07, 6.45) is 2.24. The first-order valence-electron chi connectivity index (χ1n) is 9.72. The molecule has 8 nitrogen and oxygen atoms in total. The number of likely N-dealkylation sites (tertiary alicyclic amines) is 1. The number of urea groups is 1. The third kappa shape index (κ3) is 3.41. The highest BCUT2D eigenvalue weighted by atomic mass is 32.2. The molecule has 3 aliphatic rings. The van der Waals surface area contributed by atoms with E-state index in [9.17, 15) is 14.4 Å². The minimum Gasteiger partial charge on any atom is -0.497 e. The number of carbonyl (C=O) groups excluding carboxylic acids is 3. The Morgan fingerprint density at radius 1 is 1.31 bits per heavy atom. The van der Waals surface area contributed by atoms with E-state index in [0.717, 1.165) is 29.1 Å². The van der Waals surface area contributed by atoms with Gasteiger partial charge in [0.2, 0.25) is 5.91 Å². The first kappa shape index (κ1) is 19.9. The molecule has 156 valence electrons. The highest BCUT2D eigenvalue weighted by molar-refractivity contribution is 7.99. The molecule has 3 saturated heterocycles. The molecule has 1 spiro atoms. The normalized spacial score (nSPS) is 26.3. The summed E-state index contributed by atoms with van der Waals surface area (Å²) in [5.74, 6) is 2.26. The number of methoxy groups -OCH3 is 2. The maximum atomic E-state index is 13.1. The maximum Gasteiger partial charge on any atom is 0.325 e. The number of carbonyl (C=O) groups is 3. The van der Waals surface area contributed by atoms with E-state index in [0.29, 0.717) is 30.2 Å². The molecule has 0 radical (unpaired) electrons. The van der Waals surface area contributed by atoms with Gasteiger partial charge in [0.1, 0.15) is 23.6 Å². The van der Waals surface area contributed by atoms with E-state index < -0.39 is 11.6 Å². The lowest BCUT2D eigenvalue weighted by Crippen LogP contribution is -2.48. The molecule has 0 bridgehead atoms. The molecule has 4 rings (SSSR count). The average Bonchev–Trinajstić information content (AvgIpc) is 3.45. The number of rotatable bonds is 5. The fourth-order valence-corrected chi connectivity index (χ4v) is 5.69. The van der Waals surface area contributed by atoms with E-state index in [1.54, 1.807) is 30.9 Å². The van der Waals surface area contributed by atoms with Crippen LogP contribution >= 0.6 is 11.8 Å². The van der Waals surface area contributed by atoms with Crippen LogP contribution in [-0.4, -0.2) is 72.0 Å². The summed E-state index contributed by atoms with van der Waals surface area (Å²) in [4.78, 5) is 41.2. The first-order chi connectivity index (χ1) is 14.0. The predicted octanol–water partition coefficient (Wildman–Crippen LogP) is 1.79. The Morgan fingerprint density at radius 2 is 2.14 bits per heavy atom. The van der Waals surface area contributed by atoms with E-state index in [-0.39, 0.29) is 24.4 Å². The Kier molecular flexibility index (Phi) is 5.33. The van der Waals surface area contributed by atoms with Gasteiger partial charge >= 0.3 is 6.03 Å². The van der Waals surface area contributed by atoms with Crippen molar-refractivity contribution in [1.29, 1.82) is 0 Å². The molecule has 3 heterocycles. The van der Waals surface area contributed by atoms with E-state index >= 15 is 0 Å². The van der Waals surface area contributed by atoms with Gasteiger partial charge in [0.25, 0.3) is 5.91 Å². The lowest BCUT2D eigenvalue weighted by Gasteiger charge is -2.28. The molecule has 0 aliphatic carbocycles. The van der Waals surface area contributed by atoms with Gasteiger partial charge in [0.05, 0.1) is 20.3 Å². The summed E-state index contributed by atoms with van der Waals surface area (Å²) < 4.78 is 10.8. The van der Waals surface area contributed by atoms with Gasteiger partial charge < -0.3 is 19.7 Å². The second kappa shape index (κ2) is 7.78. The number of benzene rings is 1. The van der Waals surface area contributed by atoms with Crippen LogP contribution in [0, 0.1) is 0 Å². The molecule has 0 aromatic heterocycles. The van der Waals surface area contributed by atoms with Crippen molar-refractivity contribution < 1.29 is 23.9 Å². The van der Waals surface area contributed by atoms with Crippen LogP contribution in [0.5, 0.6) is 11.5 Å². The van der Waals surface area contributed by atoms with Crippen molar-refractivity contribution >= 4 is 29.6 Å². The SMILES string of the molecule is COc1ccc(OC)c(C2CCCN2C(=O)CN2C(=O)NC3(CCSC3)C2=O)c1. The van der Waals surface area contributed by atoms with Crippen LogP contribution in [0.4, 0.5) is 4.79 Å². The Bertz CT molecular complexity index is 839. The van der Waals surface area contributed by atoms with Crippen LogP contribution in [0.1, 0.15) is 30.9 Å². The van der Waals surface area contributed by atoms with Crippen LogP contribution in [0.25, 0.3) is 0 Å². The van der Waals surface area contributed by atoms with Crippen molar-refractivity contribution in [2.45, 2.75) is 30.8 Å². The van der Waals surface area contributed by atoms with Gasteiger partial charge in [-0.1, -0.05) is 0 Å². The van der Waals surface area contributed by atoms with Crippen molar-refractivity contribution in [3.8, 4) is 11.5 Å². The molecule has 1 aromatic carbocycles. The van der Waals surface area contributed by atoms with Gasteiger partial charge in [-0.2, -0.15) is 11.8 Å². The van der Waals surface area contributed by atoms with E-state index in [1.165, 1.54) is 0 Å². The fourth-order valence-electron chi connectivity index (χ4n) is 4.37. The fraction of sp³-hybridized carbons (Fsp3) is 0.550. The Balaban J connectivity index is 1.53. The van der Waals surface area contributed by atoms with Gasteiger partial charge in [-0.25, -0.2) is 4.79 Å². The molecule has 0 saturated carbocycles. The number of amides is 4. The topological polar surface area (TPSA) is 88.2 Å². The number of ether oxygens (including phenoxy) is 2. The van der Waals surface area contributed by atoms with Crippen molar-refractivity contribution in [3.63, 3.8) is 0 Å². The Morgan fingerprint density at radius 3 is 2.83 bits per heavy atom. The van der Waals surface area contributed by atoms with Crippen molar-refractivity contribution in [2.24, 2.45) is 0 Å². The van der Waals surface area contributed by atoms with Gasteiger partial charge in [-0.15, -0.1) is 0 Å². The molecule has 29 heavy (non-hydrogen) atoms. The molecule has 3 aliphatic heterocycles. The number of nitrogens with one attached hydrogen (secondary N) is 1. The molecule has 1 N–H and O–H groups in total. The predicted molar refractivity (Wildman–Crippen MR) is 108 cm³/mol. The number of hydrogen-bond donors (Lipinski definition) is 1. The largest absolute Gasteiger partial charge is 0.497 e. The number of hydrogen-bond acceptors (Lipinski definition) is 6. The van der Waals surface area contributed by atoms with Gasteiger partial charge in [-0.05, 0) is 43.2 Å². The van der Waals surface area contributed by atoms with Gasteiger partial charge in [0.15, 0.2) is 0 Å². The summed E-state index contributed by atoms with van der Waals surface area (Å²) in [6.45, 7) is 0.342. The highest BCUT2D eigenvalue weighted by Gasteiger charge is 2.53. The average molecular weight is 420 g/mol. The standard InChI is InChI=1S/C20H25N3O5S/c1-27-13-5-6-16(28-2)14(10-13)15-4-3-8-22(15)17(24)11-23-18(25)20(21-19(23)26)7-9-29-12-20/h5-6,10,15H,3-4,7-9,11-12H2,1-2H3,(H,21,26). The molecular formula is C20H25N3O5S. The summed E-state index contributed by atoms with van der Waals surface area (Å²) in [7, 11) is 3.19. The minimum absolute atomic E-state index is 0.177. The minimum atomic E-state index is -0.831. The zero-order chi connectivity index (χ0) is 20.6. The van der Waals surface area contributed by atoms with Gasteiger partial charge in [0, 0.05) is 17.9 Å².